The summed E-state index contributed by atoms with van der Waals surface area (Å²) in [7, 11) is 0. The van der Waals surface area contributed by atoms with Crippen LogP contribution in [-0.2, 0) is 17.8 Å². The van der Waals surface area contributed by atoms with E-state index in [9.17, 15) is 4.79 Å². The van der Waals surface area contributed by atoms with E-state index in [-0.39, 0.29) is 5.78 Å². The van der Waals surface area contributed by atoms with E-state index in [0.29, 0.717) is 12.2 Å². The van der Waals surface area contributed by atoms with Gasteiger partial charge in [-0.05, 0) is 19.8 Å². The predicted octanol–water partition coefficient (Wildman–Crippen LogP) is -0.0991. The van der Waals surface area contributed by atoms with E-state index in [1.54, 1.807) is 4.68 Å². The van der Waals surface area contributed by atoms with E-state index in [0.717, 1.165) is 19.4 Å². The molecule has 2 rings (SSSR count). The van der Waals surface area contributed by atoms with Crippen molar-refractivity contribution >= 4 is 5.78 Å². The summed E-state index contributed by atoms with van der Waals surface area (Å²) in [5.41, 5.74) is 5.24. The maximum atomic E-state index is 11.7. The predicted molar refractivity (Wildman–Crippen MR) is 50.6 cm³/mol. The maximum Gasteiger partial charge on any atom is 0.160 e. The van der Waals surface area contributed by atoms with E-state index in [2.05, 4.69) is 10.1 Å². The number of hydrogen-bond donors (Lipinski definition) is 1. The molecule has 1 aliphatic rings. The van der Waals surface area contributed by atoms with Crippen LogP contribution in [0.4, 0.5) is 0 Å². The number of nitrogens with two attached hydrogens (primary N) is 1. The molecule has 5 heteroatoms. The van der Waals surface area contributed by atoms with Crippen molar-refractivity contribution in [1.82, 2.24) is 14.8 Å². The van der Waals surface area contributed by atoms with Crippen molar-refractivity contribution in [3.63, 3.8) is 0 Å². The number of Topliss-reactive ketones (excluding diaryl/α,β-unsaturated/α-hetero) is 1. The summed E-state index contributed by atoms with van der Waals surface area (Å²) in [6.07, 6.45) is 3.41. The number of carbonyl (C=O) groups is 1. The third kappa shape index (κ3) is 1.55. The van der Waals surface area contributed by atoms with Gasteiger partial charge in [0, 0.05) is 6.54 Å². The summed E-state index contributed by atoms with van der Waals surface area (Å²) < 4.78 is 1.73. The van der Waals surface area contributed by atoms with Gasteiger partial charge in [0.05, 0.1) is 12.0 Å². The third-order valence-electron chi connectivity index (χ3n) is 2.66. The van der Waals surface area contributed by atoms with E-state index < -0.39 is 5.54 Å². The van der Waals surface area contributed by atoms with Gasteiger partial charge in [-0.15, -0.1) is 0 Å². The Morgan fingerprint density at radius 2 is 2.43 bits per heavy atom. The Bertz CT molecular complexity index is 353. The Kier molecular flexibility index (Phi) is 2.11. The van der Waals surface area contributed by atoms with Crippen molar-refractivity contribution in [1.29, 1.82) is 0 Å². The molecule has 0 bridgehead atoms. The number of rotatable bonds is 4. The highest BCUT2D eigenvalue weighted by molar-refractivity contribution is 5.92. The van der Waals surface area contributed by atoms with Crippen LogP contribution in [0, 0.1) is 0 Å². The highest BCUT2D eigenvalue weighted by Gasteiger charge is 2.45. The first-order valence-electron chi connectivity index (χ1n) is 4.84. The number of nitrogens with zero attached hydrogens (tertiary/aromatic N) is 3. The van der Waals surface area contributed by atoms with Gasteiger partial charge in [0.2, 0.25) is 0 Å². The van der Waals surface area contributed by atoms with Gasteiger partial charge in [0.1, 0.15) is 12.2 Å². The fourth-order valence-electron chi connectivity index (χ4n) is 1.42. The van der Waals surface area contributed by atoms with Gasteiger partial charge in [-0.25, -0.2) is 9.67 Å². The van der Waals surface area contributed by atoms with Gasteiger partial charge < -0.3 is 5.73 Å². The molecule has 0 unspecified atom stereocenters. The van der Waals surface area contributed by atoms with E-state index in [4.69, 9.17) is 5.73 Å². The highest BCUT2D eigenvalue weighted by Crippen LogP contribution is 2.33. The number of ketones is 1. The largest absolute Gasteiger partial charge is 0.319 e. The van der Waals surface area contributed by atoms with Gasteiger partial charge in [0.25, 0.3) is 0 Å². The minimum Gasteiger partial charge on any atom is -0.319 e. The number of carbonyl (C=O) groups excluding carboxylic acids is 1. The van der Waals surface area contributed by atoms with Crippen LogP contribution >= 0.6 is 0 Å². The lowest BCUT2D eigenvalue weighted by Crippen LogP contribution is -2.34. The zero-order chi connectivity index (χ0) is 10.2. The number of aromatic nitrogens is 3. The standard InChI is InChI=1S/C9H14N4O/c1-2-13-8(11-6-12-13)5-7(14)9(10)3-4-9/h6H,2-5,10H2,1H3. The van der Waals surface area contributed by atoms with Crippen molar-refractivity contribution in [3.8, 4) is 0 Å². The van der Waals surface area contributed by atoms with Crippen LogP contribution in [0.3, 0.4) is 0 Å². The molecule has 0 saturated heterocycles. The molecule has 14 heavy (non-hydrogen) atoms. The molecule has 2 N–H and O–H groups in total. The smallest absolute Gasteiger partial charge is 0.160 e. The molecule has 0 aromatic carbocycles. The second-order valence-electron chi connectivity index (χ2n) is 3.75. The van der Waals surface area contributed by atoms with Crippen molar-refractivity contribution in [2.24, 2.45) is 5.73 Å². The van der Waals surface area contributed by atoms with Crippen LogP contribution in [0.5, 0.6) is 0 Å². The first-order chi connectivity index (χ1) is 6.65. The fourth-order valence-corrected chi connectivity index (χ4v) is 1.42. The Morgan fingerprint density at radius 3 is 3.00 bits per heavy atom. The average Bonchev–Trinajstić information content (AvgIpc) is 2.78. The third-order valence-corrected chi connectivity index (χ3v) is 2.66. The lowest BCUT2D eigenvalue weighted by Gasteiger charge is -2.06. The normalized spacial score (nSPS) is 18.1. The van der Waals surface area contributed by atoms with Gasteiger partial charge in [-0.2, -0.15) is 5.10 Å². The number of hydrogen-bond acceptors (Lipinski definition) is 4. The van der Waals surface area contributed by atoms with Crippen LogP contribution < -0.4 is 5.73 Å². The maximum absolute atomic E-state index is 11.7. The molecule has 1 aliphatic carbocycles. The molecule has 5 nitrogen and oxygen atoms in total. The average molecular weight is 194 g/mol. The minimum atomic E-state index is -0.551. The van der Waals surface area contributed by atoms with E-state index in [1.165, 1.54) is 6.33 Å². The van der Waals surface area contributed by atoms with Crippen LogP contribution in [0.1, 0.15) is 25.6 Å². The quantitative estimate of drug-likeness (QED) is 0.726. The molecule has 0 spiro atoms. The minimum absolute atomic E-state index is 0.0835. The molecule has 1 aromatic rings. The fraction of sp³-hybridized carbons (Fsp3) is 0.667. The van der Waals surface area contributed by atoms with Crippen molar-refractivity contribution < 1.29 is 4.79 Å². The molecule has 0 radical (unpaired) electrons. The summed E-state index contributed by atoms with van der Waals surface area (Å²) in [4.78, 5) is 15.7. The first-order valence-corrected chi connectivity index (χ1v) is 4.84. The summed E-state index contributed by atoms with van der Waals surface area (Å²) in [5.74, 6) is 0.800. The first kappa shape index (κ1) is 9.33. The van der Waals surface area contributed by atoms with E-state index >= 15 is 0 Å². The highest BCUT2D eigenvalue weighted by atomic mass is 16.1. The summed E-state index contributed by atoms with van der Waals surface area (Å²) >= 11 is 0. The molecule has 0 atom stereocenters. The van der Waals surface area contributed by atoms with Gasteiger partial charge in [-0.3, -0.25) is 4.79 Å². The molecule has 1 saturated carbocycles. The van der Waals surface area contributed by atoms with Gasteiger partial charge in [0.15, 0.2) is 5.78 Å². The lowest BCUT2D eigenvalue weighted by molar-refractivity contribution is -0.120. The summed E-state index contributed by atoms with van der Waals surface area (Å²) in [5, 5.41) is 4.00. The van der Waals surface area contributed by atoms with Gasteiger partial charge in [-0.1, -0.05) is 0 Å². The summed E-state index contributed by atoms with van der Waals surface area (Å²) in [6.45, 7) is 2.71. The Labute approximate surface area is 82.3 Å². The van der Waals surface area contributed by atoms with Crippen LogP contribution in [-0.4, -0.2) is 26.1 Å². The lowest BCUT2D eigenvalue weighted by atomic mass is 10.1. The second-order valence-corrected chi connectivity index (χ2v) is 3.75. The molecule has 76 valence electrons. The zero-order valence-electron chi connectivity index (χ0n) is 8.23. The molecule has 1 aromatic heterocycles. The summed E-state index contributed by atoms with van der Waals surface area (Å²) in [6, 6.07) is 0. The molecular formula is C9H14N4O. The number of aryl methyl sites for hydroxylation is 1. The molecule has 0 amide bonds. The van der Waals surface area contributed by atoms with Crippen molar-refractivity contribution in [2.75, 3.05) is 0 Å². The molecule has 1 fully saturated rings. The molecule has 1 heterocycles. The van der Waals surface area contributed by atoms with Crippen LogP contribution in [0.25, 0.3) is 0 Å². The van der Waals surface area contributed by atoms with E-state index in [1.807, 2.05) is 6.92 Å². The SMILES string of the molecule is CCn1ncnc1CC(=O)C1(N)CC1. The van der Waals surface area contributed by atoms with Crippen LogP contribution in [0.15, 0.2) is 6.33 Å². The topological polar surface area (TPSA) is 73.8 Å². The Morgan fingerprint density at radius 1 is 1.71 bits per heavy atom. The van der Waals surface area contributed by atoms with Crippen molar-refractivity contribution in [3.05, 3.63) is 12.2 Å². The second kappa shape index (κ2) is 3.16. The molecular weight excluding hydrogens is 180 g/mol. The van der Waals surface area contributed by atoms with Crippen LogP contribution in [0.2, 0.25) is 0 Å². The van der Waals surface area contributed by atoms with Gasteiger partial charge >= 0.3 is 0 Å². The Balaban J connectivity index is 2.07. The van der Waals surface area contributed by atoms with Crippen molar-refractivity contribution in [2.45, 2.75) is 38.3 Å². The monoisotopic (exact) mass is 194 g/mol. The Hall–Kier alpha value is -1.23. The zero-order valence-corrected chi connectivity index (χ0v) is 8.23. The molecule has 0 aliphatic heterocycles.